The molecule has 1 saturated heterocycles. The lowest BCUT2D eigenvalue weighted by Crippen LogP contribution is -2.48. The van der Waals surface area contributed by atoms with Gasteiger partial charge in [0.25, 0.3) is 15.6 Å². The smallest absolute Gasteiger partial charge is 0.262 e. The number of benzene rings is 1. The Bertz CT molecular complexity index is 1210. The molecule has 4 rings (SSSR count). The summed E-state index contributed by atoms with van der Waals surface area (Å²) in [7, 11) is -1.84. The van der Waals surface area contributed by atoms with Crippen LogP contribution in [-0.2, 0) is 17.1 Å². The van der Waals surface area contributed by atoms with Gasteiger partial charge in [0.1, 0.15) is 0 Å². The first kappa shape index (κ1) is 19.6. The van der Waals surface area contributed by atoms with E-state index in [0.29, 0.717) is 37.1 Å². The van der Waals surface area contributed by atoms with Crippen LogP contribution in [0.2, 0.25) is 0 Å². The van der Waals surface area contributed by atoms with E-state index in [4.69, 9.17) is 0 Å². The van der Waals surface area contributed by atoms with Crippen molar-refractivity contribution in [1.82, 2.24) is 23.4 Å². The van der Waals surface area contributed by atoms with E-state index in [1.807, 2.05) is 26.0 Å². The predicted octanol–water partition coefficient (Wildman–Crippen LogP) is 1.22. The van der Waals surface area contributed by atoms with Gasteiger partial charge < -0.3 is 9.47 Å². The number of hydrogen-bond acceptors (Lipinski definition) is 6. The molecule has 0 unspecified atom stereocenters. The van der Waals surface area contributed by atoms with E-state index in [2.05, 4.69) is 14.9 Å². The number of nitrogens with zero attached hydrogens (tertiary/aromatic N) is 6. The monoisotopic (exact) mass is 416 g/mol. The van der Waals surface area contributed by atoms with Crippen LogP contribution >= 0.6 is 0 Å². The van der Waals surface area contributed by atoms with Crippen LogP contribution in [0.5, 0.6) is 0 Å². The zero-order valence-electron chi connectivity index (χ0n) is 16.7. The van der Waals surface area contributed by atoms with Crippen LogP contribution in [0.25, 0.3) is 10.9 Å². The number of anilines is 1. The van der Waals surface area contributed by atoms with Crippen LogP contribution in [0.4, 0.5) is 5.69 Å². The highest BCUT2D eigenvalue weighted by atomic mass is 32.2. The highest BCUT2D eigenvalue weighted by Gasteiger charge is 2.30. The number of sulfonamides is 1. The largest absolute Gasteiger partial charge is 0.369 e. The highest BCUT2D eigenvalue weighted by molar-refractivity contribution is 7.89. The van der Waals surface area contributed by atoms with Crippen LogP contribution in [0.15, 0.2) is 46.9 Å². The molecule has 1 aliphatic rings. The summed E-state index contributed by atoms with van der Waals surface area (Å²) in [5.41, 5.74) is 1.53. The molecule has 0 atom stereocenters. The van der Waals surface area contributed by atoms with Crippen LogP contribution in [0.3, 0.4) is 0 Å². The maximum Gasteiger partial charge on any atom is 0.262 e. The first-order valence-electron chi connectivity index (χ1n) is 9.51. The molecular formula is C19H24N6O3S. The second-order valence-electron chi connectivity index (χ2n) is 7.52. The van der Waals surface area contributed by atoms with Gasteiger partial charge in [-0.25, -0.2) is 18.4 Å². The molecule has 0 radical (unpaired) electrons. The zero-order chi connectivity index (χ0) is 20.8. The lowest BCUT2D eigenvalue weighted by atomic mass is 10.2. The van der Waals surface area contributed by atoms with Gasteiger partial charge in [-0.05, 0) is 32.0 Å². The lowest BCUT2D eigenvalue weighted by Gasteiger charge is -2.35. The zero-order valence-corrected chi connectivity index (χ0v) is 17.5. The third-order valence-electron chi connectivity index (χ3n) is 5.21. The molecule has 0 bridgehead atoms. The first-order valence-corrected chi connectivity index (χ1v) is 11.0. The fraction of sp³-hybridized carbons (Fsp3) is 0.421. The van der Waals surface area contributed by atoms with E-state index in [1.54, 1.807) is 28.6 Å². The van der Waals surface area contributed by atoms with Gasteiger partial charge in [-0.2, -0.15) is 4.31 Å². The average Bonchev–Trinajstić information content (AvgIpc) is 3.15. The molecule has 3 aromatic rings. The number of hydrogen-bond donors (Lipinski definition) is 0. The second-order valence-corrected chi connectivity index (χ2v) is 9.41. The number of piperazine rings is 1. The molecule has 0 N–H and O–H groups in total. The van der Waals surface area contributed by atoms with Crippen molar-refractivity contribution in [2.24, 2.45) is 7.05 Å². The second kappa shape index (κ2) is 7.27. The molecule has 3 heterocycles. The number of rotatable bonds is 4. The van der Waals surface area contributed by atoms with E-state index in [-0.39, 0.29) is 16.6 Å². The van der Waals surface area contributed by atoms with Gasteiger partial charge in [-0.15, -0.1) is 0 Å². The maximum absolute atomic E-state index is 12.7. The van der Waals surface area contributed by atoms with Gasteiger partial charge >= 0.3 is 0 Å². The lowest BCUT2D eigenvalue weighted by molar-refractivity contribution is 0.383. The minimum absolute atomic E-state index is 0.0493. The Labute approximate surface area is 169 Å². The summed E-state index contributed by atoms with van der Waals surface area (Å²) in [5.74, 6) is 0. The van der Waals surface area contributed by atoms with Gasteiger partial charge in [-0.1, -0.05) is 0 Å². The van der Waals surface area contributed by atoms with Crippen molar-refractivity contribution in [1.29, 1.82) is 0 Å². The van der Waals surface area contributed by atoms with Gasteiger partial charge in [0.2, 0.25) is 0 Å². The molecule has 1 aliphatic heterocycles. The summed E-state index contributed by atoms with van der Waals surface area (Å²) in [6.07, 6.45) is 4.58. The van der Waals surface area contributed by atoms with E-state index >= 15 is 0 Å². The van der Waals surface area contributed by atoms with Crippen LogP contribution < -0.4 is 10.5 Å². The number of imidazole rings is 1. The Kier molecular flexibility index (Phi) is 4.91. The molecule has 2 aromatic heterocycles. The van der Waals surface area contributed by atoms with Crippen LogP contribution in [0.1, 0.15) is 19.9 Å². The Morgan fingerprint density at radius 3 is 2.38 bits per heavy atom. The van der Waals surface area contributed by atoms with Crippen LogP contribution in [0, 0.1) is 0 Å². The fourth-order valence-electron chi connectivity index (χ4n) is 3.53. The number of fused-ring (bicyclic) bond motifs is 1. The van der Waals surface area contributed by atoms with E-state index in [0.717, 1.165) is 5.69 Å². The van der Waals surface area contributed by atoms with Crippen molar-refractivity contribution in [2.45, 2.75) is 24.9 Å². The predicted molar refractivity (Wildman–Crippen MR) is 111 cm³/mol. The molecule has 9 nitrogen and oxygen atoms in total. The Morgan fingerprint density at radius 1 is 1.03 bits per heavy atom. The summed E-state index contributed by atoms with van der Waals surface area (Å²) in [4.78, 5) is 23.1. The highest BCUT2D eigenvalue weighted by Crippen LogP contribution is 2.23. The van der Waals surface area contributed by atoms with Crippen molar-refractivity contribution in [3.8, 4) is 0 Å². The molecular weight excluding hydrogens is 392 g/mol. The summed E-state index contributed by atoms with van der Waals surface area (Å²) in [5, 5.41) is 0.658. The SMILES string of the molecule is CC(C)n1cnc2cc(N3CCN(S(=O)(=O)c4cn(C)cn4)CC3)ccc2c1=O. The van der Waals surface area contributed by atoms with Gasteiger partial charge in [-0.3, -0.25) is 9.36 Å². The Balaban J connectivity index is 1.53. The average molecular weight is 417 g/mol. The summed E-state index contributed by atoms with van der Waals surface area (Å²) in [6.45, 7) is 5.75. The third-order valence-corrected chi connectivity index (χ3v) is 7.00. The molecule has 1 fully saturated rings. The van der Waals surface area contributed by atoms with Crippen molar-refractivity contribution in [3.05, 3.63) is 47.4 Å². The number of aromatic nitrogens is 4. The van der Waals surface area contributed by atoms with E-state index < -0.39 is 10.0 Å². The minimum atomic E-state index is -3.58. The quantitative estimate of drug-likeness (QED) is 0.635. The standard InChI is InChI=1S/C19H24N6O3S/c1-14(2)25-13-20-17-10-15(4-5-16(17)19(25)26)23-6-8-24(9-7-23)29(27,28)18-11-22(3)12-21-18/h4-5,10-14H,6-9H2,1-3H3. The molecule has 10 heteroatoms. The third kappa shape index (κ3) is 3.53. The van der Waals surface area contributed by atoms with Gasteiger partial charge in [0.05, 0.1) is 23.6 Å². The molecule has 0 spiro atoms. The molecule has 29 heavy (non-hydrogen) atoms. The maximum atomic E-state index is 12.7. The molecule has 0 saturated carbocycles. The first-order chi connectivity index (χ1) is 13.8. The van der Waals surface area contributed by atoms with Gasteiger partial charge in [0, 0.05) is 51.2 Å². The topological polar surface area (TPSA) is 93.3 Å². The normalized spacial score (nSPS) is 16.1. The molecule has 0 amide bonds. The molecule has 0 aliphatic carbocycles. The van der Waals surface area contributed by atoms with Crippen molar-refractivity contribution in [2.75, 3.05) is 31.1 Å². The minimum Gasteiger partial charge on any atom is -0.369 e. The van der Waals surface area contributed by atoms with E-state index in [9.17, 15) is 13.2 Å². The molecule has 1 aromatic carbocycles. The summed E-state index contributed by atoms with van der Waals surface area (Å²) < 4.78 is 30.2. The van der Waals surface area contributed by atoms with Crippen molar-refractivity contribution >= 4 is 26.6 Å². The van der Waals surface area contributed by atoms with Gasteiger partial charge in [0.15, 0.2) is 5.03 Å². The summed E-state index contributed by atoms with van der Waals surface area (Å²) in [6, 6.07) is 5.65. The van der Waals surface area contributed by atoms with Crippen LogP contribution in [-0.4, -0.2) is 58.0 Å². The van der Waals surface area contributed by atoms with E-state index in [1.165, 1.54) is 16.8 Å². The number of aryl methyl sites for hydroxylation is 1. The Hall–Kier alpha value is -2.72. The summed E-state index contributed by atoms with van der Waals surface area (Å²) >= 11 is 0. The molecule has 154 valence electrons. The van der Waals surface area contributed by atoms with Crippen molar-refractivity contribution in [3.63, 3.8) is 0 Å². The fourth-order valence-corrected chi connectivity index (χ4v) is 4.92. The van der Waals surface area contributed by atoms with Crippen molar-refractivity contribution < 1.29 is 8.42 Å². The Morgan fingerprint density at radius 2 is 1.76 bits per heavy atom.